The molecule has 0 spiro atoms. The van der Waals surface area contributed by atoms with Gasteiger partial charge in [0.05, 0.1) is 11.3 Å². The van der Waals surface area contributed by atoms with Gasteiger partial charge < -0.3 is 14.7 Å². The zero-order valence-electron chi connectivity index (χ0n) is 29.6. The third-order valence-corrected chi connectivity index (χ3v) is 9.03. The number of carbonyl (C=O) groups is 2. The van der Waals surface area contributed by atoms with Crippen molar-refractivity contribution >= 4 is 17.9 Å². The third kappa shape index (κ3) is 10.5. The van der Waals surface area contributed by atoms with E-state index in [2.05, 4.69) is 28.9 Å². The Labute approximate surface area is 303 Å². The summed E-state index contributed by atoms with van der Waals surface area (Å²) in [6, 6.07) is 34.9. The predicted octanol–water partition coefficient (Wildman–Crippen LogP) is 8.32. The zero-order chi connectivity index (χ0) is 37.1. The lowest BCUT2D eigenvalue weighted by Crippen LogP contribution is -2.51. The Hall–Kier alpha value is -5.54. The summed E-state index contributed by atoms with van der Waals surface area (Å²) in [6.07, 6.45) is 0.339. The van der Waals surface area contributed by atoms with Crippen LogP contribution < -0.4 is 0 Å². The molecule has 9 heteroatoms. The highest BCUT2D eigenvalue weighted by Crippen LogP contribution is 2.29. The normalized spacial score (nSPS) is 12.2. The van der Waals surface area contributed by atoms with Crippen molar-refractivity contribution < 1.29 is 22.8 Å². The molecule has 1 unspecified atom stereocenters. The van der Waals surface area contributed by atoms with E-state index in [1.807, 2.05) is 92.0 Å². The van der Waals surface area contributed by atoms with Crippen molar-refractivity contribution in [1.29, 1.82) is 0 Å². The molecule has 268 valence electrons. The number of hydrogen-bond donors (Lipinski definition) is 0. The quantitative estimate of drug-likeness (QED) is 0.109. The molecule has 5 aromatic rings. The SMILES string of the molecule is Cc1ccccc1CN(C)CCN(C)C(=O)C(Cc1ccccc1)N(Cc1ccc(-c2ccccn2)cc1)C(=O)C=Cc1ccc(C(F)(F)F)cc1. The maximum atomic E-state index is 14.4. The van der Waals surface area contributed by atoms with Crippen LogP contribution in [0.25, 0.3) is 17.3 Å². The Bertz CT molecular complexity index is 1930. The Morgan fingerprint density at radius 1 is 0.750 bits per heavy atom. The number of aryl methyl sites for hydroxylation is 1. The summed E-state index contributed by atoms with van der Waals surface area (Å²) >= 11 is 0. The minimum atomic E-state index is -4.46. The summed E-state index contributed by atoms with van der Waals surface area (Å²) in [7, 11) is 3.77. The van der Waals surface area contributed by atoms with Gasteiger partial charge in [-0.3, -0.25) is 14.6 Å². The van der Waals surface area contributed by atoms with Gasteiger partial charge in [-0.2, -0.15) is 13.2 Å². The van der Waals surface area contributed by atoms with Crippen molar-refractivity contribution in [3.05, 3.63) is 167 Å². The molecule has 5 rings (SSSR count). The van der Waals surface area contributed by atoms with Crippen molar-refractivity contribution in [3.8, 4) is 11.3 Å². The first-order valence-electron chi connectivity index (χ1n) is 17.2. The molecular formula is C43H43F3N4O2. The van der Waals surface area contributed by atoms with Gasteiger partial charge in [0.2, 0.25) is 11.8 Å². The lowest BCUT2D eigenvalue weighted by Gasteiger charge is -2.34. The summed E-state index contributed by atoms with van der Waals surface area (Å²) < 4.78 is 39.5. The topological polar surface area (TPSA) is 56.8 Å². The van der Waals surface area contributed by atoms with Crippen LogP contribution in [0, 0.1) is 6.92 Å². The molecular weight excluding hydrogens is 661 g/mol. The van der Waals surface area contributed by atoms with Crippen LogP contribution in [0.1, 0.15) is 33.4 Å². The minimum absolute atomic E-state index is 0.128. The average Bonchev–Trinajstić information content (AvgIpc) is 3.15. The minimum Gasteiger partial charge on any atom is -0.343 e. The molecule has 1 atom stereocenters. The summed E-state index contributed by atoms with van der Waals surface area (Å²) in [4.78, 5) is 38.4. The van der Waals surface area contributed by atoms with Crippen LogP contribution in [0.4, 0.5) is 13.2 Å². The molecule has 0 radical (unpaired) electrons. The number of rotatable bonds is 14. The molecule has 0 saturated heterocycles. The smallest absolute Gasteiger partial charge is 0.343 e. The van der Waals surface area contributed by atoms with Crippen LogP contribution >= 0.6 is 0 Å². The van der Waals surface area contributed by atoms with E-state index in [0.717, 1.165) is 41.1 Å². The number of likely N-dealkylation sites (N-methyl/N-ethyl adjacent to an activating group) is 2. The number of pyridine rings is 1. The Morgan fingerprint density at radius 3 is 2.08 bits per heavy atom. The summed E-state index contributed by atoms with van der Waals surface area (Å²) in [6.45, 7) is 4.00. The lowest BCUT2D eigenvalue weighted by molar-refractivity contribution is -0.143. The van der Waals surface area contributed by atoms with E-state index in [0.29, 0.717) is 18.7 Å². The summed E-state index contributed by atoms with van der Waals surface area (Å²) in [5.74, 6) is -0.650. The van der Waals surface area contributed by atoms with E-state index in [4.69, 9.17) is 0 Å². The maximum absolute atomic E-state index is 14.4. The Balaban J connectivity index is 1.42. The zero-order valence-corrected chi connectivity index (χ0v) is 29.6. The van der Waals surface area contributed by atoms with E-state index < -0.39 is 23.7 Å². The largest absolute Gasteiger partial charge is 0.416 e. The number of hydrogen-bond acceptors (Lipinski definition) is 4. The van der Waals surface area contributed by atoms with Crippen molar-refractivity contribution in [2.24, 2.45) is 0 Å². The van der Waals surface area contributed by atoms with Crippen molar-refractivity contribution in [1.82, 2.24) is 19.7 Å². The number of benzene rings is 4. The highest BCUT2D eigenvalue weighted by molar-refractivity contribution is 5.95. The second kappa shape index (κ2) is 17.6. The molecule has 0 saturated carbocycles. The average molecular weight is 705 g/mol. The van der Waals surface area contributed by atoms with Gasteiger partial charge in [-0.05, 0) is 72.1 Å². The molecule has 52 heavy (non-hydrogen) atoms. The van der Waals surface area contributed by atoms with Crippen LogP contribution in [0.2, 0.25) is 0 Å². The van der Waals surface area contributed by atoms with Gasteiger partial charge in [0.25, 0.3) is 0 Å². The standard InChI is InChI=1S/C43H43F3N4O2/c1-32-11-7-8-14-37(32)31-48(2)27-28-49(3)42(52)40(29-34-12-5-4-6-13-34)50(30-35-16-21-36(22-17-35)39-15-9-10-26-47-39)41(51)25-20-33-18-23-38(24-19-33)43(44,45)46/h4-26,40H,27-31H2,1-3H3. The van der Waals surface area contributed by atoms with Gasteiger partial charge in [0.1, 0.15) is 6.04 Å². The van der Waals surface area contributed by atoms with E-state index in [1.165, 1.54) is 35.4 Å². The predicted molar refractivity (Wildman–Crippen MR) is 200 cm³/mol. The molecule has 1 heterocycles. The number of aromatic nitrogens is 1. The molecule has 1 aromatic heterocycles. The second-order valence-corrected chi connectivity index (χ2v) is 13.0. The maximum Gasteiger partial charge on any atom is 0.416 e. The van der Waals surface area contributed by atoms with E-state index >= 15 is 0 Å². The summed E-state index contributed by atoms with van der Waals surface area (Å²) in [5.41, 5.74) is 5.50. The first kappa shape index (κ1) is 37.7. The first-order valence-corrected chi connectivity index (χ1v) is 17.2. The van der Waals surface area contributed by atoms with Crippen LogP contribution in [0.5, 0.6) is 0 Å². The molecule has 0 aliphatic heterocycles. The van der Waals surface area contributed by atoms with Gasteiger partial charge in [-0.1, -0.05) is 97.1 Å². The lowest BCUT2D eigenvalue weighted by atomic mass is 10.0. The second-order valence-electron chi connectivity index (χ2n) is 13.0. The Morgan fingerprint density at radius 2 is 1.42 bits per heavy atom. The van der Waals surface area contributed by atoms with Crippen LogP contribution in [0.3, 0.4) is 0 Å². The first-order chi connectivity index (χ1) is 25.0. The molecule has 6 nitrogen and oxygen atoms in total. The van der Waals surface area contributed by atoms with Crippen molar-refractivity contribution in [3.63, 3.8) is 0 Å². The third-order valence-electron chi connectivity index (χ3n) is 9.03. The fourth-order valence-corrected chi connectivity index (χ4v) is 5.91. The fraction of sp³-hybridized carbons (Fsp3) is 0.233. The van der Waals surface area contributed by atoms with Crippen LogP contribution in [-0.4, -0.2) is 64.7 Å². The number of carbonyl (C=O) groups excluding carboxylic acids is 2. The molecule has 0 N–H and O–H groups in total. The highest BCUT2D eigenvalue weighted by atomic mass is 19.4. The molecule has 0 fully saturated rings. The monoisotopic (exact) mass is 704 g/mol. The van der Waals surface area contributed by atoms with Crippen molar-refractivity contribution in [2.75, 3.05) is 27.2 Å². The van der Waals surface area contributed by atoms with Crippen molar-refractivity contribution in [2.45, 2.75) is 38.7 Å². The van der Waals surface area contributed by atoms with Crippen LogP contribution in [0.15, 0.2) is 134 Å². The Kier molecular flexibility index (Phi) is 12.8. The van der Waals surface area contributed by atoms with E-state index in [9.17, 15) is 22.8 Å². The summed E-state index contributed by atoms with van der Waals surface area (Å²) in [5, 5.41) is 0. The van der Waals surface area contributed by atoms with Gasteiger partial charge in [-0.25, -0.2) is 0 Å². The molecule has 2 amide bonds. The van der Waals surface area contributed by atoms with Gasteiger partial charge in [0, 0.05) is 57.5 Å². The molecule has 0 bridgehead atoms. The van der Waals surface area contributed by atoms with Gasteiger partial charge >= 0.3 is 6.18 Å². The van der Waals surface area contributed by atoms with Gasteiger partial charge in [-0.15, -0.1) is 0 Å². The number of amides is 2. The number of halogens is 3. The van der Waals surface area contributed by atoms with Gasteiger partial charge in [0.15, 0.2) is 0 Å². The van der Waals surface area contributed by atoms with E-state index in [-0.39, 0.29) is 18.9 Å². The highest BCUT2D eigenvalue weighted by Gasteiger charge is 2.32. The molecule has 4 aromatic carbocycles. The van der Waals surface area contributed by atoms with Crippen LogP contribution in [-0.2, 0) is 35.3 Å². The molecule has 0 aliphatic carbocycles. The fourth-order valence-electron chi connectivity index (χ4n) is 5.91. The number of nitrogens with zero attached hydrogens (tertiary/aromatic N) is 4. The molecule has 0 aliphatic rings. The number of alkyl halides is 3. The van der Waals surface area contributed by atoms with E-state index in [1.54, 1.807) is 23.0 Å².